The van der Waals surface area contributed by atoms with Gasteiger partial charge < -0.3 is 0 Å². The van der Waals surface area contributed by atoms with Crippen molar-refractivity contribution < 1.29 is 13.2 Å². The summed E-state index contributed by atoms with van der Waals surface area (Å²) in [6, 6.07) is 13.4. The Morgan fingerprint density at radius 2 is 2.04 bits per heavy atom. The first-order valence-electron chi connectivity index (χ1n) is 8.05. The van der Waals surface area contributed by atoms with Gasteiger partial charge in [-0.05, 0) is 36.8 Å². The third kappa shape index (κ3) is 4.31. The standard InChI is InChI=1S/C18H16N4O3S2/c1-12-5-2-8-15-16(12)21-18(26-15)22-17(23)13-6-3-7-14(11-13)27(24,25)20-10-4-9-19/h2-3,5-8,11,20H,4,10H2,1H3,(H,21,22,23). The molecule has 27 heavy (non-hydrogen) atoms. The van der Waals surface area contributed by atoms with Crippen LogP contribution in [0.5, 0.6) is 0 Å². The van der Waals surface area contributed by atoms with E-state index in [2.05, 4.69) is 15.0 Å². The summed E-state index contributed by atoms with van der Waals surface area (Å²) in [5.74, 6) is -0.444. The molecule has 0 aliphatic heterocycles. The smallest absolute Gasteiger partial charge is 0.257 e. The molecule has 1 aromatic heterocycles. The molecule has 0 spiro atoms. The second-order valence-corrected chi connectivity index (χ2v) is 8.53. The number of aromatic nitrogens is 1. The van der Waals surface area contributed by atoms with E-state index in [4.69, 9.17) is 5.26 Å². The van der Waals surface area contributed by atoms with Crippen molar-refractivity contribution in [3.05, 3.63) is 53.6 Å². The first-order chi connectivity index (χ1) is 12.9. The van der Waals surface area contributed by atoms with Gasteiger partial charge in [0.1, 0.15) is 0 Å². The van der Waals surface area contributed by atoms with Crippen LogP contribution in [-0.2, 0) is 10.0 Å². The number of aryl methyl sites for hydroxylation is 1. The zero-order valence-electron chi connectivity index (χ0n) is 14.4. The van der Waals surface area contributed by atoms with Gasteiger partial charge >= 0.3 is 0 Å². The zero-order valence-corrected chi connectivity index (χ0v) is 16.0. The number of fused-ring (bicyclic) bond motifs is 1. The predicted octanol–water partition coefficient (Wildman–Crippen LogP) is 3.05. The minimum atomic E-state index is -3.78. The Morgan fingerprint density at radius 1 is 1.26 bits per heavy atom. The van der Waals surface area contributed by atoms with Gasteiger partial charge in [0.15, 0.2) is 5.13 Å². The molecule has 0 atom stereocenters. The maximum Gasteiger partial charge on any atom is 0.257 e. The maximum absolute atomic E-state index is 12.5. The van der Waals surface area contributed by atoms with Crippen LogP contribution in [-0.4, -0.2) is 25.9 Å². The van der Waals surface area contributed by atoms with E-state index in [1.54, 1.807) is 0 Å². The summed E-state index contributed by atoms with van der Waals surface area (Å²) in [4.78, 5) is 16.9. The SMILES string of the molecule is Cc1cccc2sc(NC(=O)c3cccc(S(=O)(=O)NCCC#N)c3)nc12. The molecule has 3 aromatic rings. The van der Waals surface area contributed by atoms with Crippen LogP contribution in [0.4, 0.5) is 5.13 Å². The molecule has 0 bridgehead atoms. The van der Waals surface area contributed by atoms with Gasteiger partial charge in [0.2, 0.25) is 10.0 Å². The van der Waals surface area contributed by atoms with E-state index in [1.807, 2.05) is 31.2 Å². The molecule has 3 rings (SSSR count). The zero-order chi connectivity index (χ0) is 19.4. The lowest BCUT2D eigenvalue weighted by Gasteiger charge is -2.07. The molecule has 0 unspecified atom stereocenters. The monoisotopic (exact) mass is 400 g/mol. The summed E-state index contributed by atoms with van der Waals surface area (Å²) in [6.45, 7) is 1.96. The summed E-state index contributed by atoms with van der Waals surface area (Å²) >= 11 is 1.35. The Morgan fingerprint density at radius 3 is 2.78 bits per heavy atom. The van der Waals surface area contributed by atoms with Crippen molar-refractivity contribution in [1.29, 1.82) is 5.26 Å². The topological polar surface area (TPSA) is 112 Å². The number of amides is 1. The van der Waals surface area contributed by atoms with Gasteiger partial charge in [-0.2, -0.15) is 5.26 Å². The summed E-state index contributed by atoms with van der Waals surface area (Å²) < 4.78 is 27.8. The third-order valence-corrected chi connectivity index (χ3v) is 6.17. The van der Waals surface area contributed by atoms with Crippen LogP contribution >= 0.6 is 11.3 Å². The van der Waals surface area contributed by atoms with Crippen LogP contribution in [0, 0.1) is 18.3 Å². The fraction of sp³-hybridized carbons (Fsp3) is 0.167. The maximum atomic E-state index is 12.5. The average Bonchev–Trinajstić information content (AvgIpc) is 3.06. The van der Waals surface area contributed by atoms with Crippen molar-refractivity contribution in [2.45, 2.75) is 18.2 Å². The molecule has 1 heterocycles. The van der Waals surface area contributed by atoms with E-state index in [-0.39, 0.29) is 23.4 Å². The molecule has 0 aliphatic rings. The molecule has 2 aromatic carbocycles. The lowest BCUT2D eigenvalue weighted by molar-refractivity contribution is 0.102. The molecule has 1 amide bonds. The quantitative estimate of drug-likeness (QED) is 0.618. The van der Waals surface area contributed by atoms with Crippen LogP contribution in [0.2, 0.25) is 0 Å². The molecule has 0 aliphatic carbocycles. The second-order valence-electron chi connectivity index (χ2n) is 5.73. The first-order valence-corrected chi connectivity index (χ1v) is 10.3. The molecular formula is C18H16N4O3S2. The molecule has 0 fully saturated rings. The summed E-state index contributed by atoms with van der Waals surface area (Å²) in [5.41, 5.74) is 2.05. The van der Waals surface area contributed by atoms with Gasteiger partial charge in [-0.25, -0.2) is 18.1 Å². The Kier molecular flexibility index (Phi) is 5.51. The van der Waals surface area contributed by atoms with E-state index in [1.165, 1.54) is 35.6 Å². The molecule has 7 nitrogen and oxygen atoms in total. The van der Waals surface area contributed by atoms with Crippen LogP contribution < -0.4 is 10.0 Å². The Hall–Kier alpha value is -2.80. The summed E-state index contributed by atoms with van der Waals surface area (Å²) in [5, 5.41) is 11.7. The third-order valence-electron chi connectivity index (χ3n) is 3.78. The number of nitrogens with zero attached hydrogens (tertiary/aromatic N) is 2. The molecule has 0 saturated heterocycles. The van der Waals surface area contributed by atoms with E-state index < -0.39 is 15.9 Å². The number of benzene rings is 2. The number of hydrogen-bond donors (Lipinski definition) is 2. The number of anilines is 1. The lowest BCUT2D eigenvalue weighted by atomic mass is 10.2. The van der Waals surface area contributed by atoms with Crippen molar-refractivity contribution in [3.8, 4) is 6.07 Å². The summed E-state index contributed by atoms with van der Waals surface area (Å²) in [7, 11) is -3.78. The molecule has 9 heteroatoms. The molecule has 2 N–H and O–H groups in total. The van der Waals surface area contributed by atoms with Crippen LogP contribution in [0.3, 0.4) is 0 Å². The van der Waals surface area contributed by atoms with Gasteiger partial charge in [0.25, 0.3) is 5.91 Å². The number of sulfonamides is 1. The van der Waals surface area contributed by atoms with E-state index >= 15 is 0 Å². The Balaban J connectivity index is 1.80. The van der Waals surface area contributed by atoms with Gasteiger partial charge in [0, 0.05) is 18.5 Å². The summed E-state index contributed by atoms with van der Waals surface area (Å²) in [6.07, 6.45) is 0.0659. The first kappa shape index (κ1) is 19.0. The highest BCUT2D eigenvalue weighted by molar-refractivity contribution is 7.89. The number of nitrogens with one attached hydrogen (secondary N) is 2. The molecule has 0 saturated carbocycles. The van der Waals surface area contributed by atoms with Crippen molar-refractivity contribution in [3.63, 3.8) is 0 Å². The van der Waals surface area contributed by atoms with Crippen molar-refractivity contribution in [1.82, 2.24) is 9.71 Å². The fourth-order valence-electron chi connectivity index (χ4n) is 2.44. The van der Waals surface area contributed by atoms with Crippen LogP contribution in [0.1, 0.15) is 22.3 Å². The Labute approximate surface area is 160 Å². The number of carbonyl (C=O) groups is 1. The van der Waals surface area contributed by atoms with Gasteiger partial charge in [0.05, 0.1) is 21.2 Å². The van der Waals surface area contributed by atoms with Crippen LogP contribution in [0.25, 0.3) is 10.2 Å². The fourth-order valence-corrected chi connectivity index (χ4v) is 4.45. The van der Waals surface area contributed by atoms with E-state index in [9.17, 15) is 13.2 Å². The number of hydrogen-bond acceptors (Lipinski definition) is 6. The second kappa shape index (κ2) is 7.84. The molecule has 138 valence electrons. The normalized spacial score (nSPS) is 11.3. The highest BCUT2D eigenvalue weighted by Crippen LogP contribution is 2.28. The minimum absolute atomic E-state index is 0.0142. The van der Waals surface area contributed by atoms with Crippen molar-refractivity contribution >= 4 is 42.6 Å². The predicted molar refractivity (Wildman–Crippen MR) is 104 cm³/mol. The average molecular weight is 400 g/mol. The highest BCUT2D eigenvalue weighted by atomic mass is 32.2. The number of thiazole rings is 1. The number of carbonyl (C=O) groups excluding carboxylic acids is 1. The highest BCUT2D eigenvalue weighted by Gasteiger charge is 2.17. The van der Waals surface area contributed by atoms with Gasteiger partial charge in [-0.1, -0.05) is 29.5 Å². The largest absolute Gasteiger partial charge is 0.298 e. The van der Waals surface area contributed by atoms with Crippen LogP contribution in [0.15, 0.2) is 47.4 Å². The number of rotatable bonds is 6. The van der Waals surface area contributed by atoms with Gasteiger partial charge in [-0.15, -0.1) is 0 Å². The van der Waals surface area contributed by atoms with Crippen molar-refractivity contribution in [2.75, 3.05) is 11.9 Å². The number of para-hydroxylation sites is 1. The number of nitriles is 1. The van der Waals surface area contributed by atoms with Crippen molar-refractivity contribution in [2.24, 2.45) is 0 Å². The minimum Gasteiger partial charge on any atom is -0.298 e. The Bertz CT molecular complexity index is 1150. The molecule has 0 radical (unpaired) electrons. The lowest BCUT2D eigenvalue weighted by Crippen LogP contribution is -2.25. The van der Waals surface area contributed by atoms with E-state index in [0.717, 1.165) is 15.8 Å². The van der Waals surface area contributed by atoms with Gasteiger partial charge in [-0.3, -0.25) is 10.1 Å². The van der Waals surface area contributed by atoms with E-state index in [0.29, 0.717) is 5.13 Å². The molecular weight excluding hydrogens is 384 g/mol.